The molecule has 0 atom stereocenters. The third-order valence-corrected chi connectivity index (χ3v) is 3.61. The van der Waals surface area contributed by atoms with Gasteiger partial charge in [-0.05, 0) is 24.5 Å². The summed E-state index contributed by atoms with van der Waals surface area (Å²) in [7, 11) is 0. The second-order valence-corrected chi connectivity index (χ2v) is 5.02. The SMILES string of the molecule is O=C(Cn1ccc(=O)[nH]c1=O)N1CCCc2ccccc21. The summed E-state index contributed by atoms with van der Waals surface area (Å²) in [5.41, 5.74) is 1.02. The highest BCUT2D eigenvalue weighted by molar-refractivity contribution is 5.94. The van der Waals surface area contributed by atoms with Crippen molar-refractivity contribution in [2.75, 3.05) is 11.4 Å². The van der Waals surface area contributed by atoms with Crippen molar-refractivity contribution in [2.24, 2.45) is 0 Å². The van der Waals surface area contributed by atoms with Crippen LogP contribution in [0.4, 0.5) is 5.69 Å². The normalized spacial score (nSPS) is 13.8. The molecule has 0 saturated carbocycles. The van der Waals surface area contributed by atoms with E-state index in [0.29, 0.717) is 6.54 Å². The Morgan fingerprint density at radius 3 is 2.81 bits per heavy atom. The van der Waals surface area contributed by atoms with E-state index < -0.39 is 11.2 Å². The van der Waals surface area contributed by atoms with Crippen LogP contribution >= 0.6 is 0 Å². The van der Waals surface area contributed by atoms with Crippen LogP contribution in [0.5, 0.6) is 0 Å². The van der Waals surface area contributed by atoms with Gasteiger partial charge in [-0.15, -0.1) is 0 Å². The van der Waals surface area contributed by atoms with Crippen molar-refractivity contribution in [1.82, 2.24) is 9.55 Å². The first-order valence-electron chi connectivity index (χ1n) is 6.83. The van der Waals surface area contributed by atoms with Gasteiger partial charge in [0.1, 0.15) is 6.54 Å². The van der Waals surface area contributed by atoms with E-state index in [0.717, 1.165) is 24.1 Å². The fraction of sp³-hybridized carbons (Fsp3) is 0.267. The topological polar surface area (TPSA) is 75.2 Å². The van der Waals surface area contributed by atoms with Gasteiger partial charge < -0.3 is 4.90 Å². The number of nitrogens with zero attached hydrogens (tertiary/aromatic N) is 2. The number of rotatable bonds is 2. The Hall–Kier alpha value is -2.63. The van der Waals surface area contributed by atoms with Crippen LogP contribution in [-0.2, 0) is 17.8 Å². The smallest absolute Gasteiger partial charge is 0.311 e. The first-order valence-corrected chi connectivity index (χ1v) is 6.83. The number of anilines is 1. The summed E-state index contributed by atoms with van der Waals surface area (Å²) in [6.45, 7) is 0.567. The summed E-state index contributed by atoms with van der Waals surface area (Å²) >= 11 is 0. The fourth-order valence-corrected chi connectivity index (χ4v) is 2.59. The number of H-pyrrole nitrogens is 1. The minimum absolute atomic E-state index is 0.0794. The zero-order chi connectivity index (χ0) is 14.8. The predicted molar refractivity (Wildman–Crippen MR) is 78.4 cm³/mol. The molecule has 6 nitrogen and oxygen atoms in total. The molecule has 108 valence electrons. The van der Waals surface area contributed by atoms with Crippen LogP contribution in [-0.4, -0.2) is 22.0 Å². The molecule has 0 saturated heterocycles. The number of benzene rings is 1. The summed E-state index contributed by atoms with van der Waals surface area (Å²) in [5.74, 6) is -0.156. The van der Waals surface area contributed by atoms with Crippen molar-refractivity contribution < 1.29 is 4.79 Å². The Labute approximate surface area is 120 Å². The van der Waals surface area contributed by atoms with Gasteiger partial charge in [-0.1, -0.05) is 18.2 Å². The minimum atomic E-state index is -0.568. The van der Waals surface area contributed by atoms with E-state index >= 15 is 0 Å². The number of amides is 1. The number of fused-ring (bicyclic) bond motifs is 1. The molecule has 6 heteroatoms. The Bertz CT molecular complexity index is 791. The van der Waals surface area contributed by atoms with Gasteiger partial charge in [0.25, 0.3) is 5.56 Å². The van der Waals surface area contributed by atoms with Crippen molar-refractivity contribution in [3.63, 3.8) is 0 Å². The van der Waals surface area contributed by atoms with Crippen molar-refractivity contribution in [1.29, 1.82) is 0 Å². The molecule has 1 aromatic heterocycles. The molecule has 1 aliphatic heterocycles. The number of aryl methyl sites for hydroxylation is 1. The van der Waals surface area contributed by atoms with E-state index in [-0.39, 0.29) is 12.5 Å². The summed E-state index contributed by atoms with van der Waals surface area (Å²) < 4.78 is 1.21. The number of para-hydroxylation sites is 1. The average molecular weight is 285 g/mol. The van der Waals surface area contributed by atoms with E-state index in [1.807, 2.05) is 24.3 Å². The molecular weight excluding hydrogens is 270 g/mol. The maximum atomic E-state index is 12.4. The molecule has 0 unspecified atom stereocenters. The second-order valence-electron chi connectivity index (χ2n) is 5.02. The number of hydrogen-bond donors (Lipinski definition) is 1. The molecule has 1 amide bonds. The Morgan fingerprint density at radius 1 is 1.19 bits per heavy atom. The molecule has 2 aromatic rings. The third-order valence-electron chi connectivity index (χ3n) is 3.61. The van der Waals surface area contributed by atoms with Crippen LogP contribution in [0.15, 0.2) is 46.1 Å². The number of nitrogens with one attached hydrogen (secondary N) is 1. The van der Waals surface area contributed by atoms with Crippen LogP contribution in [0.2, 0.25) is 0 Å². The zero-order valence-corrected chi connectivity index (χ0v) is 11.4. The minimum Gasteiger partial charge on any atom is -0.311 e. The molecule has 1 aliphatic rings. The second kappa shape index (κ2) is 5.40. The lowest BCUT2D eigenvalue weighted by Crippen LogP contribution is -2.40. The van der Waals surface area contributed by atoms with E-state index in [1.165, 1.54) is 16.8 Å². The van der Waals surface area contributed by atoms with Gasteiger partial charge in [0.2, 0.25) is 5.91 Å². The van der Waals surface area contributed by atoms with E-state index in [9.17, 15) is 14.4 Å². The van der Waals surface area contributed by atoms with E-state index in [1.54, 1.807) is 4.90 Å². The standard InChI is InChI=1S/C15H15N3O3/c19-13-7-9-17(15(21)16-13)10-14(20)18-8-3-5-11-4-1-2-6-12(11)18/h1-2,4,6-7,9H,3,5,8,10H2,(H,16,19,21). The molecule has 0 bridgehead atoms. The number of carbonyl (C=O) groups excluding carboxylic acids is 1. The molecule has 2 heterocycles. The van der Waals surface area contributed by atoms with Crippen LogP contribution in [0.1, 0.15) is 12.0 Å². The van der Waals surface area contributed by atoms with Gasteiger partial charge >= 0.3 is 5.69 Å². The Balaban J connectivity index is 1.87. The summed E-state index contributed by atoms with van der Waals surface area (Å²) in [5, 5.41) is 0. The molecule has 3 rings (SSSR count). The van der Waals surface area contributed by atoms with Gasteiger partial charge in [0.05, 0.1) is 0 Å². The van der Waals surface area contributed by atoms with Crippen molar-refractivity contribution in [2.45, 2.75) is 19.4 Å². The summed E-state index contributed by atoms with van der Waals surface area (Å²) in [6.07, 6.45) is 3.21. The quantitative estimate of drug-likeness (QED) is 0.874. The van der Waals surface area contributed by atoms with Crippen molar-refractivity contribution in [3.8, 4) is 0 Å². The number of carbonyl (C=O) groups is 1. The maximum Gasteiger partial charge on any atom is 0.328 e. The Kier molecular flexibility index (Phi) is 3.43. The maximum absolute atomic E-state index is 12.4. The van der Waals surface area contributed by atoms with E-state index in [2.05, 4.69) is 4.98 Å². The third kappa shape index (κ3) is 2.65. The average Bonchev–Trinajstić information content (AvgIpc) is 2.49. The van der Waals surface area contributed by atoms with Crippen LogP contribution in [0.25, 0.3) is 0 Å². The summed E-state index contributed by atoms with van der Waals surface area (Å²) in [4.78, 5) is 39.0. The molecular formula is C15H15N3O3. The number of aromatic amines is 1. The number of hydrogen-bond acceptors (Lipinski definition) is 3. The van der Waals surface area contributed by atoms with Crippen molar-refractivity contribution in [3.05, 3.63) is 62.9 Å². The molecule has 1 N–H and O–H groups in total. The highest BCUT2D eigenvalue weighted by Crippen LogP contribution is 2.26. The predicted octanol–water partition coefficient (Wildman–Crippen LogP) is 0.516. The molecule has 0 aliphatic carbocycles. The largest absolute Gasteiger partial charge is 0.328 e. The van der Waals surface area contributed by atoms with Crippen LogP contribution in [0, 0.1) is 0 Å². The van der Waals surface area contributed by atoms with Gasteiger partial charge in [-0.2, -0.15) is 0 Å². The first-order chi connectivity index (χ1) is 10.1. The molecule has 0 fully saturated rings. The van der Waals surface area contributed by atoms with Crippen LogP contribution in [0.3, 0.4) is 0 Å². The van der Waals surface area contributed by atoms with Gasteiger partial charge in [-0.25, -0.2) is 4.79 Å². The van der Waals surface area contributed by atoms with Gasteiger partial charge in [0.15, 0.2) is 0 Å². The Morgan fingerprint density at radius 2 is 2.00 bits per heavy atom. The van der Waals surface area contributed by atoms with Crippen LogP contribution < -0.4 is 16.1 Å². The monoisotopic (exact) mass is 285 g/mol. The highest BCUT2D eigenvalue weighted by Gasteiger charge is 2.22. The lowest BCUT2D eigenvalue weighted by molar-refractivity contribution is -0.119. The van der Waals surface area contributed by atoms with Gasteiger partial charge in [-0.3, -0.25) is 19.1 Å². The lowest BCUT2D eigenvalue weighted by Gasteiger charge is -2.29. The summed E-state index contributed by atoms with van der Waals surface area (Å²) in [6, 6.07) is 9.03. The molecule has 1 aromatic carbocycles. The fourth-order valence-electron chi connectivity index (χ4n) is 2.59. The molecule has 0 radical (unpaired) electrons. The molecule has 21 heavy (non-hydrogen) atoms. The van der Waals surface area contributed by atoms with Gasteiger partial charge in [0, 0.05) is 24.5 Å². The number of aromatic nitrogens is 2. The van der Waals surface area contributed by atoms with Crippen molar-refractivity contribution >= 4 is 11.6 Å². The molecule has 0 spiro atoms. The van der Waals surface area contributed by atoms with E-state index in [4.69, 9.17) is 0 Å². The highest BCUT2D eigenvalue weighted by atomic mass is 16.2. The first kappa shape index (κ1) is 13.4. The zero-order valence-electron chi connectivity index (χ0n) is 11.4. The lowest BCUT2D eigenvalue weighted by atomic mass is 10.0.